The van der Waals surface area contributed by atoms with Crippen molar-refractivity contribution in [2.24, 2.45) is 0 Å². The molecule has 0 saturated heterocycles. The molecule has 0 spiro atoms. The molecular weight excluding hydrogens is 386 g/mol. The van der Waals surface area contributed by atoms with Gasteiger partial charge in [-0.05, 0) is 66.3 Å². The number of carbonyl (C=O) groups is 2. The first-order valence-electron chi connectivity index (χ1n) is 10.6. The standard InChI is InChI=1S/C26H25N3O2/c1-15-7-12-19(13-8-15)27-25(30)22-16(2)29(3)26(31)28-24(22)21-14-11-18-10-9-17-5-4-6-20(21)23(17)18/h4-8,11-14,24H,9-10H2,1-3H3,(H,27,30)(H,28,31). The van der Waals surface area contributed by atoms with Crippen LogP contribution in [0, 0.1) is 6.92 Å². The van der Waals surface area contributed by atoms with E-state index in [1.165, 1.54) is 21.4 Å². The molecule has 0 radical (unpaired) electrons. The summed E-state index contributed by atoms with van der Waals surface area (Å²) in [6.45, 7) is 3.84. The van der Waals surface area contributed by atoms with E-state index < -0.39 is 6.04 Å². The van der Waals surface area contributed by atoms with E-state index in [-0.39, 0.29) is 11.9 Å². The fourth-order valence-electron chi connectivity index (χ4n) is 4.72. The summed E-state index contributed by atoms with van der Waals surface area (Å²) < 4.78 is 0. The third kappa shape index (κ3) is 3.17. The zero-order chi connectivity index (χ0) is 21.7. The predicted molar refractivity (Wildman–Crippen MR) is 123 cm³/mol. The highest BCUT2D eigenvalue weighted by molar-refractivity contribution is 6.07. The van der Waals surface area contributed by atoms with Crippen LogP contribution in [0.5, 0.6) is 0 Å². The number of anilines is 1. The van der Waals surface area contributed by atoms with E-state index in [2.05, 4.69) is 41.0 Å². The Morgan fingerprint density at radius 3 is 2.45 bits per heavy atom. The Morgan fingerprint density at radius 2 is 1.71 bits per heavy atom. The molecule has 3 amide bonds. The first-order chi connectivity index (χ1) is 14.9. The minimum Gasteiger partial charge on any atom is -0.326 e. The van der Waals surface area contributed by atoms with E-state index in [4.69, 9.17) is 0 Å². The predicted octanol–water partition coefficient (Wildman–Crippen LogP) is 4.86. The molecule has 5 rings (SSSR count). The lowest BCUT2D eigenvalue weighted by molar-refractivity contribution is -0.113. The number of amides is 3. The minimum atomic E-state index is -0.515. The van der Waals surface area contributed by atoms with Crippen LogP contribution in [-0.2, 0) is 17.6 Å². The highest BCUT2D eigenvalue weighted by atomic mass is 16.2. The largest absolute Gasteiger partial charge is 0.326 e. The molecule has 2 N–H and O–H groups in total. The summed E-state index contributed by atoms with van der Waals surface area (Å²) in [5.41, 5.74) is 6.69. The zero-order valence-corrected chi connectivity index (χ0v) is 18.0. The van der Waals surface area contributed by atoms with Crippen molar-refractivity contribution in [3.05, 3.63) is 88.1 Å². The summed E-state index contributed by atoms with van der Waals surface area (Å²) in [7, 11) is 1.69. The van der Waals surface area contributed by atoms with E-state index in [1.807, 2.05) is 38.1 Å². The van der Waals surface area contributed by atoms with E-state index in [0.29, 0.717) is 11.3 Å². The maximum atomic E-state index is 13.4. The smallest absolute Gasteiger partial charge is 0.322 e. The van der Waals surface area contributed by atoms with Crippen LogP contribution in [0.4, 0.5) is 10.5 Å². The number of nitrogens with one attached hydrogen (secondary N) is 2. The second-order valence-corrected chi connectivity index (χ2v) is 8.41. The SMILES string of the molecule is CC1=C(C(=O)Nc2ccc(C)cc2)C(c2ccc3c4c(cccc24)CC3)NC(=O)N1C. The van der Waals surface area contributed by atoms with Crippen molar-refractivity contribution in [1.82, 2.24) is 10.2 Å². The maximum Gasteiger partial charge on any atom is 0.322 e. The average Bonchev–Trinajstić information content (AvgIpc) is 3.18. The van der Waals surface area contributed by atoms with Crippen LogP contribution in [0.25, 0.3) is 10.8 Å². The van der Waals surface area contributed by atoms with Gasteiger partial charge in [-0.25, -0.2) is 4.79 Å². The van der Waals surface area contributed by atoms with Crippen molar-refractivity contribution in [1.29, 1.82) is 0 Å². The molecule has 0 saturated carbocycles. The number of allylic oxidation sites excluding steroid dienone is 1. The second-order valence-electron chi connectivity index (χ2n) is 8.41. The molecule has 1 aliphatic carbocycles. The summed E-state index contributed by atoms with van der Waals surface area (Å²) in [5, 5.41) is 8.45. The summed E-state index contributed by atoms with van der Waals surface area (Å²) >= 11 is 0. The van der Waals surface area contributed by atoms with Gasteiger partial charge in [-0.2, -0.15) is 0 Å². The number of aryl methyl sites for hydroxylation is 3. The van der Waals surface area contributed by atoms with E-state index >= 15 is 0 Å². The topological polar surface area (TPSA) is 61.4 Å². The molecule has 0 bridgehead atoms. The zero-order valence-electron chi connectivity index (χ0n) is 18.0. The Balaban J connectivity index is 1.62. The van der Waals surface area contributed by atoms with Crippen molar-refractivity contribution in [3.8, 4) is 0 Å². The van der Waals surface area contributed by atoms with Crippen molar-refractivity contribution in [2.75, 3.05) is 12.4 Å². The molecule has 156 valence electrons. The molecule has 3 aromatic rings. The Bertz CT molecular complexity index is 1250. The van der Waals surface area contributed by atoms with Crippen LogP contribution in [0.3, 0.4) is 0 Å². The number of carbonyl (C=O) groups excluding carboxylic acids is 2. The van der Waals surface area contributed by atoms with Gasteiger partial charge >= 0.3 is 6.03 Å². The molecule has 31 heavy (non-hydrogen) atoms. The Labute approximate surface area is 181 Å². The van der Waals surface area contributed by atoms with Crippen LogP contribution < -0.4 is 10.6 Å². The summed E-state index contributed by atoms with van der Waals surface area (Å²) in [5.74, 6) is -0.207. The van der Waals surface area contributed by atoms with E-state index in [1.54, 1.807) is 7.05 Å². The maximum absolute atomic E-state index is 13.4. The number of rotatable bonds is 3. The molecule has 0 aromatic heterocycles. The summed E-state index contributed by atoms with van der Waals surface area (Å²) in [6.07, 6.45) is 2.07. The third-order valence-electron chi connectivity index (χ3n) is 6.53. The number of hydrogen-bond acceptors (Lipinski definition) is 2. The lowest BCUT2D eigenvalue weighted by Gasteiger charge is -2.34. The third-order valence-corrected chi connectivity index (χ3v) is 6.53. The van der Waals surface area contributed by atoms with Crippen molar-refractivity contribution in [2.45, 2.75) is 32.7 Å². The van der Waals surface area contributed by atoms with Crippen molar-refractivity contribution >= 4 is 28.4 Å². The monoisotopic (exact) mass is 411 g/mol. The molecule has 1 unspecified atom stereocenters. The van der Waals surface area contributed by atoms with Gasteiger partial charge in [0.05, 0.1) is 11.6 Å². The summed E-state index contributed by atoms with van der Waals surface area (Å²) in [6, 6.07) is 17.5. The first-order valence-corrected chi connectivity index (χ1v) is 10.6. The lowest BCUT2D eigenvalue weighted by Crippen LogP contribution is -2.46. The molecule has 5 nitrogen and oxygen atoms in total. The van der Waals surface area contributed by atoms with Gasteiger partial charge in [0.25, 0.3) is 5.91 Å². The van der Waals surface area contributed by atoms with Crippen molar-refractivity contribution in [3.63, 3.8) is 0 Å². The van der Waals surface area contributed by atoms with Gasteiger partial charge in [-0.3, -0.25) is 4.79 Å². The van der Waals surface area contributed by atoms with Crippen LogP contribution in [0.2, 0.25) is 0 Å². The molecular formula is C26H25N3O2. The Morgan fingerprint density at radius 1 is 1.00 bits per heavy atom. The second kappa shape index (κ2) is 7.27. The van der Waals surface area contributed by atoms with Gasteiger partial charge in [-0.1, -0.05) is 48.0 Å². The number of benzene rings is 3. The van der Waals surface area contributed by atoms with Gasteiger partial charge in [0, 0.05) is 18.4 Å². The quantitative estimate of drug-likeness (QED) is 0.647. The molecule has 1 aliphatic heterocycles. The van der Waals surface area contributed by atoms with Gasteiger partial charge in [0.2, 0.25) is 0 Å². The lowest BCUT2D eigenvalue weighted by atomic mass is 9.89. The summed E-state index contributed by atoms with van der Waals surface area (Å²) in [4.78, 5) is 27.6. The molecule has 5 heteroatoms. The number of urea groups is 1. The van der Waals surface area contributed by atoms with Gasteiger partial charge < -0.3 is 15.5 Å². The Hall–Kier alpha value is -3.60. The molecule has 0 fully saturated rings. The molecule has 2 aliphatic rings. The van der Waals surface area contributed by atoms with Crippen LogP contribution in [0.15, 0.2) is 65.9 Å². The first kappa shape index (κ1) is 19.4. The van der Waals surface area contributed by atoms with Crippen LogP contribution in [-0.4, -0.2) is 23.9 Å². The highest BCUT2D eigenvalue weighted by Gasteiger charge is 2.35. The normalized spacial score (nSPS) is 17.8. The fraction of sp³-hybridized carbons (Fsp3) is 0.231. The Kier molecular flexibility index (Phi) is 4.54. The molecule has 1 atom stereocenters. The van der Waals surface area contributed by atoms with Gasteiger partial charge in [0.15, 0.2) is 0 Å². The van der Waals surface area contributed by atoms with E-state index in [9.17, 15) is 9.59 Å². The van der Waals surface area contributed by atoms with Gasteiger partial charge in [-0.15, -0.1) is 0 Å². The van der Waals surface area contributed by atoms with E-state index in [0.717, 1.165) is 35.0 Å². The molecule has 1 heterocycles. The number of hydrogen-bond donors (Lipinski definition) is 2. The minimum absolute atomic E-state index is 0.207. The highest BCUT2D eigenvalue weighted by Crippen LogP contribution is 2.39. The van der Waals surface area contributed by atoms with Crippen molar-refractivity contribution < 1.29 is 9.59 Å². The van der Waals surface area contributed by atoms with Crippen LogP contribution in [0.1, 0.15) is 35.2 Å². The number of nitrogens with zero attached hydrogens (tertiary/aromatic N) is 1. The molecule has 3 aromatic carbocycles. The van der Waals surface area contributed by atoms with Gasteiger partial charge in [0.1, 0.15) is 0 Å². The van der Waals surface area contributed by atoms with Crippen LogP contribution >= 0.6 is 0 Å². The fourth-order valence-corrected chi connectivity index (χ4v) is 4.72. The average molecular weight is 412 g/mol.